The first-order valence-electron chi connectivity index (χ1n) is 8.07. The third-order valence-electron chi connectivity index (χ3n) is 3.64. The topological polar surface area (TPSA) is 69.2 Å². The van der Waals surface area contributed by atoms with Crippen molar-refractivity contribution in [3.8, 4) is 0 Å². The number of hydrogen-bond donors (Lipinski definition) is 2. The fourth-order valence-corrected chi connectivity index (χ4v) is 2.25. The van der Waals surface area contributed by atoms with Gasteiger partial charge in [-0.25, -0.2) is 4.99 Å². The van der Waals surface area contributed by atoms with E-state index in [1.54, 1.807) is 26.1 Å². The molecule has 1 amide bonds. The molecule has 0 bridgehead atoms. The van der Waals surface area contributed by atoms with E-state index in [1.165, 1.54) is 32.4 Å². The molecule has 22 heavy (non-hydrogen) atoms. The van der Waals surface area contributed by atoms with Crippen LogP contribution >= 0.6 is 0 Å². The van der Waals surface area contributed by atoms with Crippen LogP contribution in [0.5, 0.6) is 0 Å². The summed E-state index contributed by atoms with van der Waals surface area (Å²) >= 11 is 0. The minimum Gasteiger partial charge on any atom is -0.383 e. The highest BCUT2D eigenvalue weighted by Crippen LogP contribution is 2.07. The number of carbonyl (C=O) groups excluding carboxylic acids is 1. The number of aliphatic imine (C=N–C) groups is 1. The number of nitrogens with zero attached hydrogens (tertiary/aromatic N) is 3. The van der Waals surface area contributed by atoms with Gasteiger partial charge >= 0.3 is 0 Å². The summed E-state index contributed by atoms with van der Waals surface area (Å²) in [6.45, 7) is 5.63. The number of hydrogen-bond acceptors (Lipinski definition) is 4. The van der Waals surface area contributed by atoms with E-state index in [1.807, 2.05) is 0 Å². The number of guanidine groups is 1. The Kier molecular flexibility index (Phi) is 9.57. The number of amides is 1. The lowest BCUT2D eigenvalue weighted by Crippen LogP contribution is -2.44. The van der Waals surface area contributed by atoms with E-state index in [2.05, 4.69) is 20.5 Å². The standard InChI is InChI=1S/C15H31N5O2/c1-19(2)14(21)13-18-15(17-8-12-22-3)16-7-11-20-9-5-4-6-10-20/h4-13H2,1-3H3,(H2,16,17,18). The Morgan fingerprint density at radius 2 is 1.86 bits per heavy atom. The van der Waals surface area contributed by atoms with Crippen LogP contribution in [0.15, 0.2) is 4.99 Å². The Labute approximate surface area is 134 Å². The molecule has 0 spiro atoms. The van der Waals surface area contributed by atoms with Crippen molar-refractivity contribution in [1.29, 1.82) is 0 Å². The summed E-state index contributed by atoms with van der Waals surface area (Å²) in [4.78, 5) is 20.0. The van der Waals surface area contributed by atoms with Crippen LogP contribution in [-0.2, 0) is 9.53 Å². The Morgan fingerprint density at radius 1 is 1.18 bits per heavy atom. The molecular formula is C15H31N5O2. The third kappa shape index (κ3) is 8.19. The van der Waals surface area contributed by atoms with E-state index in [4.69, 9.17) is 4.74 Å². The van der Waals surface area contributed by atoms with Crippen molar-refractivity contribution in [2.24, 2.45) is 4.99 Å². The van der Waals surface area contributed by atoms with Gasteiger partial charge in [0.05, 0.1) is 6.61 Å². The van der Waals surface area contributed by atoms with E-state index < -0.39 is 0 Å². The second-order valence-corrected chi connectivity index (χ2v) is 5.70. The largest absolute Gasteiger partial charge is 0.383 e. The summed E-state index contributed by atoms with van der Waals surface area (Å²) in [5.41, 5.74) is 0. The minimum atomic E-state index is -0.0103. The predicted octanol–water partition coefficient (Wildman–Crippen LogP) is -0.258. The van der Waals surface area contributed by atoms with Crippen molar-refractivity contribution in [2.75, 3.05) is 67.1 Å². The minimum absolute atomic E-state index is 0.0103. The molecule has 1 aliphatic rings. The molecule has 0 saturated carbocycles. The molecule has 1 heterocycles. The van der Waals surface area contributed by atoms with Gasteiger partial charge in [-0.15, -0.1) is 0 Å². The monoisotopic (exact) mass is 313 g/mol. The molecule has 1 aliphatic heterocycles. The number of rotatable bonds is 8. The molecule has 0 aromatic rings. The Hall–Kier alpha value is -1.34. The van der Waals surface area contributed by atoms with Gasteiger partial charge in [-0.1, -0.05) is 6.42 Å². The summed E-state index contributed by atoms with van der Waals surface area (Å²) in [6, 6.07) is 0. The molecule has 1 fully saturated rings. The van der Waals surface area contributed by atoms with Crippen molar-refractivity contribution in [3.05, 3.63) is 0 Å². The smallest absolute Gasteiger partial charge is 0.243 e. The van der Waals surface area contributed by atoms with Crippen LogP contribution in [-0.4, -0.2) is 88.7 Å². The number of ether oxygens (including phenoxy) is 1. The molecule has 0 aromatic heterocycles. The molecule has 1 saturated heterocycles. The average molecular weight is 313 g/mol. The second-order valence-electron chi connectivity index (χ2n) is 5.70. The molecule has 0 unspecified atom stereocenters. The Morgan fingerprint density at radius 3 is 2.50 bits per heavy atom. The van der Waals surface area contributed by atoms with Gasteiger partial charge in [0.1, 0.15) is 6.54 Å². The van der Waals surface area contributed by atoms with E-state index >= 15 is 0 Å². The maximum Gasteiger partial charge on any atom is 0.243 e. The van der Waals surface area contributed by atoms with Crippen LogP contribution in [0.1, 0.15) is 19.3 Å². The maximum absolute atomic E-state index is 11.6. The van der Waals surface area contributed by atoms with Crippen molar-refractivity contribution >= 4 is 11.9 Å². The average Bonchev–Trinajstić information content (AvgIpc) is 2.52. The number of methoxy groups -OCH3 is 1. The highest BCUT2D eigenvalue weighted by atomic mass is 16.5. The summed E-state index contributed by atoms with van der Waals surface area (Å²) in [5.74, 6) is 0.660. The summed E-state index contributed by atoms with van der Waals surface area (Å²) in [6.07, 6.45) is 3.94. The first-order valence-corrected chi connectivity index (χ1v) is 8.07. The van der Waals surface area contributed by atoms with Crippen LogP contribution in [0.3, 0.4) is 0 Å². The zero-order valence-corrected chi connectivity index (χ0v) is 14.2. The fourth-order valence-electron chi connectivity index (χ4n) is 2.25. The van der Waals surface area contributed by atoms with Gasteiger partial charge in [-0.3, -0.25) is 4.79 Å². The van der Waals surface area contributed by atoms with Gasteiger partial charge in [0.15, 0.2) is 5.96 Å². The normalized spacial score (nSPS) is 16.4. The van der Waals surface area contributed by atoms with Gasteiger partial charge in [-0.05, 0) is 25.9 Å². The number of carbonyl (C=O) groups is 1. The zero-order chi connectivity index (χ0) is 16.2. The number of likely N-dealkylation sites (tertiary alicyclic amines) is 1. The van der Waals surface area contributed by atoms with Crippen molar-refractivity contribution < 1.29 is 9.53 Å². The second kappa shape index (κ2) is 11.3. The molecule has 0 aromatic carbocycles. The molecule has 128 valence electrons. The van der Waals surface area contributed by atoms with Crippen molar-refractivity contribution in [3.63, 3.8) is 0 Å². The van der Waals surface area contributed by atoms with Crippen molar-refractivity contribution in [2.45, 2.75) is 19.3 Å². The number of likely N-dealkylation sites (N-methyl/N-ethyl adjacent to an activating group) is 1. The number of nitrogens with one attached hydrogen (secondary N) is 2. The first kappa shape index (κ1) is 18.7. The SMILES string of the molecule is COCCNC(=NCC(=O)N(C)C)NCCN1CCCCC1. The maximum atomic E-state index is 11.6. The first-order chi connectivity index (χ1) is 10.6. The fraction of sp³-hybridized carbons (Fsp3) is 0.867. The van der Waals surface area contributed by atoms with Gasteiger partial charge in [0.2, 0.25) is 5.91 Å². The lowest BCUT2D eigenvalue weighted by molar-refractivity contribution is -0.127. The van der Waals surface area contributed by atoms with E-state index in [9.17, 15) is 4.79 Å². The highest BCUT2D eigenvalue weighted by molar-refractivity contribution is 5.84. The highest BCUT2D eigenvalue weighted by Gasteiger charge is 2.10. The van der Waals surface area contributed by atoms with E-state index in [0.29, 0.717) is 19.1 Å². The lowest BCUT2D eigenvalue weighted by Gasteiger charge is -2.26. The van der Waals surface area contributed by atoms with Gasteiger partial charge in [0, 0.05) is 40.8 Å². The van der Waals surface area contributed by atoms with Crippen LogP contribution < -0.4 is 10.6 Å². The van der Waals surface area contributed by atoms with Crippen LogP contribution in [0.2, 0.25) is 0 Å². The molecule has 2 N–H and O–H groups in total. The Balaban J connectivity index is 2.35. The van der Waals surface area contributed by atoms with Crippen molar-refractivity contribution in [1.82, 2.24) is 20.4 Å². The zero-order valence-electron chi connectivity index (χ0n) is 14.2. The third-order valence-corrected chi connectivity index (χ3v) is 3.64. The molecule has 7 heteroatoms. The summed E-state index contributed by atoms with van der Waals surface area (Å²) < 4.78 is 5.03. The molecule has 0 radical (unpaired) electrons. The lowest BCUT2D eigenvalue weighted by atomic mass is 10.1. The van der Waals surface area contributed by atoms with Gasteiger partial charge in [0.25, 0.3) is 0 Å². The predicted molar refractivity (Wildman–Crippen MR) is 89.2 cm³/mol. The summed E-state index contributed by atoms with van der Waals surface area (Å²) in [7, 11) is 5.14. The van der Waals surface area contributed by atoms with Crippen LogP contribution in [0.4, 0.5) is 0 Å². The quantitative estimate of drug-likeness (QED) is 0.367. The van der Waals surface area contributed by atoms with Gasteiger partial charge < -0.3 is 25.2 Å². The Bertz CT molecular complexity index is 341. The van der Waals surface area contributed by atoms with Crippen LogP contribution in [0.25, 0.3) is 0 Å². The van der Waals surface area contributed by atoms with Crippen LogP contribution in [0, 0.1) is 0 Å². The van der Waals surface area contributed by atoms with E-state index in [0.717, 1.165) is 13.1 Å². The molecule has 0 atom stereocenters. The molecular weight excluding hydrogens is 282 g/mol. The number of piperidine rings is 1. The van der Waals surface area contributed by atoms with E-state index in [-0.39, 0.29) is 12.5 Å². The van der Waals surface area contributed by atoms with Gasteiger partial charge in [-0.2, -0.15) is 0 Å². The molecule has 7 nitrogen and oxygen atoms in total. The molecule has 0 aliphatic carbocycles. The summed E-state index contributed by atoms with van der Waals surface area (Å²) in [5, 5.41) is 6.47. The molecule has 1 rings (SSSR count).